The lowest BCUT2D eigenvalue weighted by atomic mass is 9.88. The lowest BCUT2D eigenvalue weighted by Gasteiger charge is -2.26. The van der Waals surface area contributed by atoms with E-state index in [0.717, 1.165) is 44.3 Å². The summed E-state index contributed by atoms with van der Waals surface area (Å²) >= 11 is 0. The second-order valence-corrected chi connectivity index (χ2v) is 7.47. The van der Waals surface area contributed by atoms with Gasteiger partial charge in [-0.2, -0.15) is 0 Å². The smallest absolute Gasteiger partial charge is 0.251 e. The fourth-order valence-electron chi connectivity index (χ4n) is 3.66. The van der Waals surface area contributed by atoms with Crippen molar-refractivity contribution in [2.45, 2.75) is 51.5 Å². The Labute approximate surface area is 172 Å². The highest BCUT2D eigenvalue weighted by molar-refractivity contribution is 5.96. The molecule has 0 heterocycles. The predicted octanol–water partition coefficient (Wildman–Crippen LogP) is 4.18. The average molecular weight is 395 g/mol. The van der Waals surface area contributed by atoms with E-state index in [-0.39, 0.29) is 24.4 Å². The van der Waals surface area contributed by atoms with Gasteiger partial charge in [0.25, 0.3) is 5.91 Å². The van der Waals surface area contributed by atoms with Crippen LogP contribution in [0.2, 0.25) is 0 Å². The summed E-state index contributed by atoms with van der Waals surface area (Å²) < 4.78 is 5.66. The van der Waals surface area contributed by atoms with Crippen molar-refractivity contribution in [1.29, 1.82) is 0 Å². The summed E-state index contributed by atoms with van der Waals surface area (Å²) in [5.74, 6) is 0.323. The topological polar surface area (TPSA) is 67.4 Å². The number of fused-ring (bicyclic) bond motifs is 1. The molecule has 0 aromatic heterocycles. The number of nitrogens with one attached hydrogen (secondary N) is 2. The van der Waals surface area contributed by atoms with Crippen LogP contribution >= 0.6 is 0 Å². The number of hydrogen-bond acceptors (Lipinski definition) is 3. The lowest BCUT2D eigenvalue weighted by Crippen LogP contribution is -2.39. The minimum Gasteiger partial charge on any atom is -0.494 e. The maximum atomic E-state index is 12.3. The van der Waals surface area contributed by atoms with E-state index in [1.807, 2.05) is 12.1 Å². The van der Waals surface area contributed by atoms with Gasteiger partial charge >= 0.3 is 0 Å². The van der Waals surface area contributed by atoms with Gasteiger partial charge in [0, 0.05) is 5.56 Å². The predicted molar refractivity (Wildman–Crippen MR) is 114 cm³/mol. The quantitative estimate of drug-likeness (QED) is 0.627. The zero-order chi connectivity index (χ0) is 20.5. The van der Waals surface area contributed by atoms with E-state index in [1.54, 1.807) is 24.3 Å². The van der Waals surface area contributed by atoms with Crippen molar-refractivity contribution in [3.63, 3.8) is 0 Å². The third kappa shape index (κ3) is 6.08. The lowest BCUT2D eigenvalue weighted by molar-refractivity contribution is -0.121. The highest BCUT2D eigenvalue weighted by Gasteiger charge is 2.21. The fraction of sp³-hybridized carbons (Fsp3) is 0.417. The molecule has 2 aromatic rings. The third-order valence-corrected chi connectivity index (χ3v) is 5.25. The molecule has 29 heavy (non-hydrogen) atoms. The van der Waals surface area contributed by atoms with Crippen molar-refractivity contribution >= 4 is 11.8 Å². The molecule has 0 spiro atoms. The molecule has 5 heteroatoms. The van der Waals surface area contributed by atoms with Gasteiger partial charge < -0.3 is 15.4 Å². The molecule has 1 atom stereocenters. The standard InChI is InChI=1S/C24H30N2O3/c1-2-3-6-16-29-20-14-12-19(13-15-20)24(28)25-17-23(27)26-22-11-7-9-18-8-4-5-10-21(18)22/h4-5,8,10,12-15,22H,2-3,6-7,9,11,16-17H2,1H3,(H,25,28)(H,26,27). The minimum absolute atomic E-state index is 0.0218. The molecular formula is C24H30N2O3. The molecule has 5 nitrogen and oxygen atoms in total. The van der Waals surface area contributed by atoms with E-state index < -0.39 is 0 Å². The summed E-state index contributed by atoms with van der Waals surface area (Å²) in [6.07, 6.45) is 6.37. The summed E-state index contributed by atoms with van der Waals surface area (Å²) in [6, 6.07) is 15.3. The molecule has 3 rings (SSSR count). The maximum Gasteiger partial charge on any atom is 0.251 e. The van der Waals surface area contributed by atoms with Gasteiger partial charge in [0.15, 0.2) is 0 Å². The van der Waals surface area contributed by atoms with Crippen LogP contribution in [0.25, 0.3) is 0 Å². The van der Waals surface area contributed by atoms with Crippen LogP contribution in [0.1, 0.15) is 66.6 Å². The van der Waals surface area contributed by atoms with Crippen LogP contribution in [0.4, 0.5) is 0 Å². The molecule has 1 aliphatic rings. The van der Waals surface area contributed by atoms with Crippen molar-refractivity contribution in [3.05, 3.63) is 65.2 Å². The average Bonchev–Trinajstić information content (AvgIpc) is 2.76. The van der Waals surface area contributed by atoms with Gasteiger partial charge in [-0.05, 0) is 61.1 Å². The van der Waals surface area contributed by atoms with E-state index in [0.29, 0.717) is 12.2 Å². The van der Waals surface area contributed by atoms with Gasteiger partial charge in [-0.3, -0.25) is 9.59 Å². The zero-order valence-electron chi connectivity index (χ0n) is 17.1. The molecule has 2 N–H and O–H groups in total. The largest absolute Gasteiger partial charge is 0.494 e. The third-order valence-electron chi connectivity index (χ3n) is 5.25. The van der Waals surface area contributed by atoms with Crippen LogP contribution in [-0.2, 0) is 11.2 Å². The second kappa shape index (κ2) is 10.6. The van der Waals surface area contributed by atoms with Gasteiger partial charge in [-0.1, -0.05) is 44.0 Å². The van der Waals surface area contributed by atoms with Crippen LogP contribution < -0.4 is 15.4 Å². The first-order valence-electron chi connectivity index (χ1n) is 10.6. The first-order valence-corrected chi connectivity index (χ1v) is 10.6. The monoisotopic (exact) mass is 394 g/mol. The number of carbonyl (C=O) groups excluding carboxylic acids is 2. The number of hydrogen-bond donors (Lipinski definition) is 2. The molecular weight excluding hydrogens is 364 g/mol. The molecule has 0 bridgehead atoms. The van der Waals surface area contributed by atoms with Gasteiger partial charge in [0.05, 0.1) is 19.2 Å². The first kappa shape index (κ1) is 20.9. The van der Waals surface area contributed by atoms with Gasteiger partial charge in [0.2, 0.25) is 5.91 Å². The Morgan fingerprint density at radius 1 is 1.07 bits per heavy atom. The van der Waals surface area contributed by atoms with Gasteiger partial charge in [-0.25, -0.2) is 0 Å². The SMILES string of the molecule is CCCCCOc1ccc(C(=O)NCC(=O)NC2CCCc3ccccc32)cc1. The van der Waals surface area contributed by atoms with Crippen LogP contribution in [0.15, 0.2) is 48.5 Å². The van der Waals surface area contributed by atoms with Crippen molar-refractivity contribution in [2.75, 3.05) is 13.2 Å². The van der Waals surface area contributed by atoms with Crippen molar-refractivity contribution in [3.8, 4) is 5.75 Å². The molecule has 1 unspecified atom stereocenters. The van der Waals surface area contributed by atoms with E-state index >= 15 is 0 Å². The highest BCUT2D eigenvalue weighted by atomic mass is 16.5. The van der Waals surface area contributed by atoms with E-state index in [2.05, 4.69) is 29.7 Å². The fourth-order valence-corrected chi connectivity index (χ4v) is 3.66. The Bertz CT molecular complexity index is 817. The van der Waals surface area contributed by atoms with Crippen molar-refractivity contribution < 1.29 is 14.3 Å². The molecule has 2 amide bonds. The van der Waals surface area contributed by atoms with Crippen LogP contribution in [0.3, 0.4) is 0 Å². The number of carbonyl (C=O) groups is 2. The number of amides is 2. The first-order chi connectivity index (χ1) is 14.2. The maximum absolute atomic E-state index is 12.3. The summed E-state index contributed by atoms with van der Waals surface area (Å²) in [4.78, 5) is 24.7. The normalized spacial score (nSPS) is 15.3. The van der Waals surface area contributed by atoms with Crippen LogP contribution in [-0.4, -0.2) is 25.0 Å². The number of ether oxygens (including phenoxy) is 1. The summed E-state index contributed by atoms with van der Waals surface area (Å²) in [6.45, 7) is 2.80. The van der Waals surface area contributed by atoms with Crippen molar-refractivity contribution in [2.24, 2.45) is 0 Å². The number of benzene rings is 2. The number of rotatable bonds is 9. The number of unbranched alkanes of at least 4 members (excludes halogenated alkanes) is 2. The molecule has 1 aliphatic carbocycles. The zero-order valence-corrected chi connectivity index (χ0v) is 17.1. The van der Waals surface area contributed by atoms with Crippen LogP contribution in [0, 0.1) is 0 Å². The highest BCUT2D eigenvalue weighted by Crippen LogP contribution is 2.29. The Balaban J connectivity index is 1.45. The molecule has 0 saturated carbocycles. The molecule has 0 fully saturated rings. The van der Waals surface area contributed by atoms with Gasteiger partial charge in [-0.15, -0.1) is 0 Å². The molecule has 0 aliphatic heterocycles. The minimum atomic E-state index is -0.262. The Hall–Kier alpha value is -2.82. The number of aryl methyl sites for hydroxylation is 1. The van der Waals surface area contributed by atoms with Crippen LogP contribution in [0.5, 0.6) is 5.75 Å². The van der Waals surface area contributed by atoms with E-state index in [1.165, 1.54) is 11.1 Å². The summed E-state index contributed by atoms with van der Waals surface area (Å²) in [5.41, 5.74) is 3.00. The van der Waals surface area contributed by atoms with E-state index in [9.17, 15) is 9.59 Å². The Kier molecular flexibility index (Phi) is 7.68. The summed E-state index contributed by atoms with van der Waals surface area (Å²) in [7, 11) is 0. The molecule has 0 radical (unpaired) electrons. The second-order valence-electron chi connectivity index (χ2n) is 7.47. The Morgan fingerprint density at radius 3 is 2.66 bits per heavy atom. The Morgan fingerprint density at radius 2 is 1.86 bits per heavy atom. The molecule has 2 aromatic carbocycles. The van der Waals surface area contributed by atoms with E-state index in [4.69, 9.17) is 4.74 Å². The molecule has 0 saturated heterocycles. The van der Waals surface area contributed by atoms with Gasteiger partial charge in [0.1, 0.15) is 5.75 Å². The molecule has 154 valence electrons. The van der Waals surface area contributed by atoms with Crippen molar-refractivity contribution in [1.82, 2.24) is 10.6 Å². The summed E-state index contributed by atoms with van der Waals surface area (Å²) in [5, 5.41) is 5.75.